The first kappa shape index (κ1) is 14.6. The zero-order chi connectivity index (χ0) is 14.4. The minimum absolute atomic E-state index is 0.304. The quantitative estimate of drug-likeness (QED) is 0.827. The van der Waals surface area contributed by atoms with Gasteiger partial charge in [0.05, 0.1) is 0 Å². The van der Waals surface area contributed by atoms with Gasteiger partial charge in [-0.3, -0.25) is 10.1 Å². The molecule has 1 amide bonds. The third-order valence-electron chi connectivity index (χ3n) is 2.79. The van der Waals surface area contributed by atoms with Crippen LogP contribution in [0.5, 0.6) is 0 Å². The topological polar surface area (TPSA) is 54.9 Å². The number of carbonyl (C=O) groups excluding carboxylic acids is 1. The molecule has 0 unspecified atom stereocenters. The summed E-state index contributed by atoms with van der Waals surface area (Å²) in [5.74, 6) is -0.670. The van der Waals surface area contributed by atoms with Crippen LogP contribution in [-0.2, 0) is 6.42 Å². The lowest BCUT2D eigenvalue weighted by Gasteiger charge is -2.00. The van der Waals surface area contributed by atoms with Crippen LogP contribution in [0.3, 0.4) is 0 Å². The summed E-state index contributed by atoms with van der Waals surface area (Å²) in [4.78, 5) is 11.9. The SMILES string of the molecule is CCCCCc1nnc(NC(=O)c2ccc(F)cc2)s1. The van der Waals surface area contributed by atoms with E-state index in [9.17, 15) is 9.18 Å². The first-order valence-electron chi connectivity index (χ1n) is 6.58. The van der Waals surface area contributed by atoms with Gasteiger partial charge >= 0.3 is 0 Å². The number of aryl methyl sites for hydroxylation is 1. The van der Waals surface area contributed by atoms with Crippen LogP contribution in [0.15, 0.2) is 24.3 Å². The summed E-state index contributed by atoms with van der Waals surface area (Å²) in [6.45, 7) is 2.15. The molecule has 106 valence electrons. The molecule has 1 aromatic heterocycles. The number of hydrogen-bond donors (Lipinski definition) is 1. The normalized spacial score (nSPS) is 10.5. The van der Waals surface area contributed by atoms with Crippen LogP contribution >= 0.6 is 11.3 Å². The molecule has 0 saturated heterocycles. The summed E-state index contributed by atoms with van der Waals surface area (Å²) in [5.41, 5.74) is 0.397. The Labute approximate surface area is 121 Å². The molecule has 2 aromatic rings. The number of nitrogens with one attached hydrogen (secondary N) is 1. The van der Waals surface area contributed by atoms with Crippen molar-refractivity contribution >= 4 is 22.4 Å². The zero-order valence-corrected chi connectivity index (χ0v) is 12.0. The van der Waals surface area contributed by atoms with E-state index >= 15 is 0 Å². The van der Waals surface area contributed by atoms with Crippen LogP contribution in [0.2, 0.25) is 0 Å². The average molecular weight is 293 g/mol. The van der Waals surface area contributed by atoms with Crippen LogP contribution < -0.4 is 5.32 Å². The Kier molecular flexibility index (Phi) is 5.17. The molecular weight excluding hydrogens is 277 g/mol. The van der Waals surface area contributed by atoms with Crippen molar-refractivity contribution in [2.75, 3.05) is 5.32 Å². The lowest BCUT2D eigenvalue weighted by atomic mass is 10.2. The smallest absolute Gasteiger partial charge is 0.257 e. The molecular formula is C14H16FN3OS. The van der Waals surface area contributed by atoms with Gasteiger partial charge in [-0.15, -0.1) is 10.2 Å². The Bertz CT molecular complexity index is 568. The second kappa shape index (κ2) is 7.09. The minimum Gasteiger partial charge on any atom is -0.296 e. The van der Waals surface area contributed by atoms with Crippen LogP contribution in [0.1, 0.15) is 41.6 Å². The molecule has 0 aliphatic heterocycles. The molecule has 1 aromatic carbocycles. The molecule has 0 spiro atoms. The number of unbranched alkanes of at least 4 members (excludes halogenated alkanes) is 2. The van der Waals surface area contributed by atoms with E-state index in [2.05, 4.69) is 22.4 Å². The van der Waals surface area contributed by atoms with Gasteiger partial charge in [0, 0.05) is 12.0 Å². The summed E-state index contributed by atoms with van der Waals surface area (Å²) in [7, 11) is 0. The standard InChI is InChI=1S/C14H16FN3OS/c1-2-3-4-5-12-17-18-14(20-12)16-13(19)10-6-8-11(15)9-7-10/h6-9H,2-5H2,1H3,(H,16,18,19). The van der Waals surface area contributed by atoms with Gasteiger partial charge in [0.1, 0.15) is 10.8 Å². The second-order valence-electron chi connectivity index (χ2n) is 4.42. The fraction of sp³-hybridized carbons (Fsp3) is 0.357. The van der Waals surface area contributed by atoms with Crippen LogP contribution in [-0.4, -0.2) is 16.1 Å². The maximum atomic E-state index is 12.8. The Morgan fingerprint density at radius 2 is 2.00 bits per heavy atom. The predicted molar refractivity (Wildman–Crippen MR) is 77.5 cm³/mol. The van der Waals surface area contributed by atoms with E-state index in [1.54, 1.807) is 0 Å². The average Bonchev–Trinajstić information content (AvgIpc) is 2.87. The third kappa shape index (κ3) is 4.09. The van der Waals surface area contributed by atoms with Crippen molar-refractivity contribution in [2.24, 2.45) is 0 Å². The molecule has 0 saturated carbocycles. The van der Waals surface area contributed by atoms with Gasteiger partial charge in [0.15, 0.2) is 0 Å². The van der Waals surface area contributed by atoms with E-state index in [1.165, 1.54) is 35.6 Å². The molecule has 0 bridgehead atoms. The van der Waals surface area contributed by atoms with Crippen molar-refractivity contribution in [1.29, 1.82) is 0 Å². The van der Waals surface area contributed by atoms with Gasteiger partial charge in [-0.1, -0.05) is 31.1 Å². The van der Waals surface area contributed by atoms with Crippen molar-refractivity contribution in [3.63, 3.8) is 0 Å². The summed E-state index contributed by atoms with van der Waals surface area (Å²) >= 11 is 1.38. The number of aromatic nitrogens is 2. The third-order valence-corrected chi connectivity index (χ3v) is 3.69. The lowest BCUT2D eigenvalue weighted by Crippen LogP contribution is -2.11. The van der Waals surface area contributed by atoms with E-state index < -0.39 is 0 Å². The number of benzene rings is 1. The zero-order valence-electron chi connectivity index (χ0n) is 11.2. The number of nitrogens with zero attached hydrogens (tertiary/aromatic N) is 2. The molecule has 1 N–H and O–H groups in total. The van der Waals surface area contributed by atoms with Crippen molar-refractivity contribution in [1.82, 2.24) is 10.2 Å². The highest BCUT2D eigenvalue weighted by atomic mass is 32.1. The van der Waals surface area contributed by atoms with Crippen molar-refractivity contribution < 1.29 is 9.18 Å². The van der Waals surface area contributed by atoms with E-state index in [1.807, 2.05) is 0 Å². The molecule has 1 heterocycles. The van der Waals surface area contributed by atoms with Crippen molar-refractivity contribution in [3.05, 3.63) is 40.7 Å². The minimum atomic E-state index is -0.365. The van der Waals surface area contributed by atoms with Gasteiger partial charge in [0.25, 0.3) is 5.91 Å². The van der Waals surface area contributed by atoms with Gasteiger partial charge in [-0.05, 0) is 30.7 Å². The van der Waals surface area contributed by atoms with E-state index in [0.717, 1.165) is 30.7 Å². The largest absolute Gasteiger partial charge is 0.296 e. The highest BCUT2D eigenvalue weighted by Gasteiger charge is 2.10. The monoisotopic (exact) mass is 293 g/mol. The van der Waals surface area contributed by atoms with Crippen LogP contribution in [0.25, 0.3) is 0 Å². The van der Waals surface area contributed by atoms with Crippen LogP contribution in [0, 0.1) is 5.82 Å². The number of anilines is 1. The Hall–Kier alpha value is -1.82. The molecule has 0 aliphatic rings. The number of halogens is 1. The molecule has 0 radical (unpaired) electrons. The Balaban J connectivity index is 1.92. The first-order valence-corrected chi connectivity index (χ1v) is 7.40. The fourth-order valence-corrected chi connectivity index (χ4v) is 2.48. The first-order chi connectivity index (χ1) is 9.69. The number of rotatable bonds is 6. The molecule has 2 rings (SSSR count). The van der Waals surface area contributed by atoms with Gasteiger partial charge in [-0.2, -0.15) is 0 Å². The highest BCUT2D eigenvalue weighted by Crippen LogP contribution is 2.18. The van der Waals surface area contributed by atoms with E-state index in [0.29, 0.717) is 10.7 Å². The summed E-state index contributed by atoms with van der Waals surface area (Å²) in [6.07, 6.45) is 4.29. The van der Waals surface area contributed by atoms with Crippen molar-refractivity contribution in [3.8, 4) is 0 Å². The van der Waals surface area contributed by atoms with Crippen molar-refractivity contribution in [2.45, 2.75) is 32.6 Å². The number of carbonyl (C=O) groups is 1. The summed E-state index contributed by atoms with van der Waals surface area (Å²) in [5, 5.41) is 12.1. The maximum absolute atomic E-state index is 12.8. The molecule has 0 aliphatic carbocycles. The van der Waals surface area contributed by atoms with Crippen LogP contribution in [0.4, 0.5) is 9.52 Å². The molecule has 6 heteroatoms. The van der Waals surface area contributed by atoms with E-state index in [-0.39, 0.29) is 11.7 Å². The molecule has 4 nitrogen and oxygen atoms in total. The highest BCUT2D eigenvalue weighted by molar-refractivity contribution is 7.15. The van der Waals surface area contributed by atoms with Gasteiger partial charge < -0.3 is 0 Å². The summed E-state index contributed by atoms with van der Waals surface area (Å²) in [6, 6.07) is 5.39. The van der Waals surface area contributed by atoms with Gasteiger partial charge in [-0.25, -0.2) is 4.39 Å². The molecule has 0 atom stereocenters. The van der Waals surface area contributed by atoms with Gasteiger partial charge in [0.2, 0.25) is 5.13 Å². The summed E-state index contributed by atoms with van der Waals surface area (Å²) < 4.78 is 12.8. The predicted octanol–water partition coefficient (Wildman–Crippen LogP) is 3.66. The molecule has 0 fully saturated rings. The number of amides is 1. The number of hydrogen-bond acceptors (Lipinski definition) is 4. The lowest BCUT2D eigenvalue weighted by molar-refractivity contribution is 0.102. The molecule has 20 heavy (non-hydrogen) atoms. The maximum Gasteiger partial charge on any atom is 0.257 e. The second-order valence-corrected chi connectivity index (χ2v) is 5.48. The van der Waals surface area contributed by atoms with E-state index in [4.69, 9.17) is 0 Å². The Morgan fingerprint density at radius 3 is 2.70 bits per heavy atom. The Morgan fingerprint density at radius 1 is 1.25 bits per heavy atom. The fourth-order valence-electron chi connectivity index (χ4n) is 1.70.